The zero-order chi connectivity index (χ0) is 11.5. The molecule has 1 amide bonds. The van der Waals surface area contributed by atoms with Crippen LogP contribution in [0.5, 0.6) is 0 Å². The van der Waals surface area contributed by atoms with Gasteiger partial charge in [0.15, 0.2) is 0 Å². The highest BCUT2D eigenvalue weighted by molar-refractivity contribution is 7.16. The minimum absolute atomic E-state index is 0.172. The number of carbonyl (C=O) groups excluding carboxylic acids is 1. The van der Waals surface area contributed by atoms with Gasteiger partial charge in [0.05, 0.1) is 0 Å². The van der Waals surface area contributed by atoms with Crippen molar-refractivity contribution < 1.29 is 4.79 Å². The van der Waals surface area contributed by atoms with Gasteiger partial charge in [-0.3, -0.25) is 4.79 Å². The fourth-order valence-electron chi connectivity index (χ4n) is 1.86. The second-order valence-electron chi connectivity index (χ2n) is 4.02. The number of hydrogen-bond acceptors (Lipinski definition) is 6. The van der Waals surface area contributed by atoms with E-state index >= 15 is 0 Å². The van der Waals surface area contributed by atoms with Crippen LogP contribution in [0.4, 0.5) is 5.13 Å². The number of nitrogens with one attached hydrogen (secondary N) is 1. The van der Waals surface area contributed by atoms with Crippen LogP contribution < -0.4 is 11.1 Å². The van der Waals surface area contributed by atoms with Gasteiger partial charge in [0.1, 0.15) is 0 Å². The van der Waals surface area contributed by atoms with Gasteiger partial charge in [-0.25, -0.2) is 0 Å². The highest BCUT2D eigenvalue weighted by Gasteiger charge is 2.21. The second kappa shape index (κ2) is 4.75. The van der Waals surface area contributed by atoms with Crippen molar-refractivity contribution in [1.82, 2.24) is 20.4 Å². The van der Waals surface area contributed by atoms with Crippen LogP contribution in [0.2, 0.25) is 0 Å². The smallest absolute Gasteiger partial charge is 0.282 e. The maximum Gasteiger partial charge on any atom is 0.282 e. The number of carbonyl (C=O) groups is 1. The lowest BCUT2D eigenvalue weighted by atomic mass is 10.1. The maximum absolute atomic E-state index is 11.8. The normalized spacial score (nSPS) is 21.9. The van der Waals surface area contributed by atoms with Gasteiger partial charge in [0.25, 0.3) is 5.91 Å². The molecule has 1 atom stereocenters. The minimum Gasteiger partial charge on any atom is -0.374 e. The molecule has 1 unspecified atom stereocenters. The Hall–Kier alpha value is -1.21. The number of piperidine rings is 1. The van der Waals surface area contributed by atoms with Gasteiger partial charge in [0.2, 0.25) is 10.1 Å². The Bertz CT molecular complexity index is 380. The van der Waals surface area contributed by atoms with Crippen molar-refractivity contribution in [2.45, 2.75) is 18.9 Å². The Morgan fingerprint density at radius 2 is 2.44 bits per heavy atom. The summed E-state index contributed by atoms with van der Waals surface area (Å²) in [7, 11) is 2.06. The molecule has 0 aromatic carbocycles. The molecule has 7 heteroatoms. The predicted molar refractivity (Wildman–Crippen MR) is 62.3 cm³/mol. The van der Waals surface area contributed by atoms with Crippen molar-refractivity contribution in [3.8, 4) is 0 Å². The number of likely N-dealkylation sites (tertiary alicyclic amines) is 1. The Balaban J connectivity index is 1.92. The van der Waals surface area contributed by atoms with Crippen LogP contribution in [0.3, 0.4) is 0 Å². The first kappa shape index (κ1) is 11.3. The molecule has 0 spiro atoms. The molecule has 1 aromatic rings. The molecular formula is C9H15N5OS. The van der Waals surface area contributed by atoms with Crippen molar-refractivity contribution in [3.63, 3.8) is 0 Å². The second-order valence-corrected chi connectivity index (χ2v) is 5.03. The first-order chi connectivity index (χ1) is 7.65. The van der Waals surface area contributed by atoms with Crippen molar-refractivity contribution in [3.05, 3.63) is 5.01 Å². The maximum atomic E-state index is 11.8. The Kier molecular flexibility index (Phi) is 3.35. The summed E-state index contributed by atoms with van der Waals surface area (Å²) in [5, 5.41) is 11.0. The van der Waals surface area contributed by atoms with Gasteiger partial charge in [0, 0.05) is 12.6 Å². The van der Waals surface area contributed by atoms with E-state index in [2.05, 4.69) is 27.5 Å². The summed E-state index contributed by atoms with van der Waals surface area (Å²) in [4.78, 5) is 14.0. The van der Waals surface area contributed by atoms with E-state index in [1.165, 1.54) is 0 Å². The summed E-state index contributed by atoms with van der Waals surface area (Å²) in [5.74, 6) is -0.172. The zero-order valence-corrected chi connectivity index (χ0v) is 9.96. The number of nitrogen functional groups attached to an aromatic ring is 1. The number of anilines is 1. The fraction of sp³-hybridized carbons (Fsp3) is 0.667. The molecule has 3 N–H and O–H groups in total. The van der Waals surface area contributed by atoms with Gasteiger partial charge in [-0.2, -0.15) is 0 Å². The van der Waals surface area contributed by atoms with E-state index in [0.717, 1.165) is 37.3 Å². The Morgan fingerprint density at radius 1 is 1.62 bits per heavy atom. The lowest BCUT2D eigenvalue weighted by Gasteiger charge is -2.29. The Labute approximate surface area is 97.8 Å². The van der Waals surface area contributed by atoms with Gasteiger partial charge in [-0.15, -0.1) is 10.2 Å². The van der Waals surface area contributed by atoms with E-state index in [9.17, 15) is 4.79 Å². The number of likely N-dealkylation sites (N-methyl/N-ethyl adjacent to an activating group) is 1. The van der Waals surface area contributed by atoms with Crippen LogP contribution in [0.25, 0.3) is 0 Å². The first-order valence-electron chi connectivity index (χ1n) is 5.23. The molecule has 0 aliphatic carbocycles. The highest BCUT2D eigenvalue weighted by atomic mass is 32.1. The molecule has 0 bridgehead atoms. The van der Waals surface area contributed by atoms with Gasteiger partial charge in [-0.1, -0.05) is 11.3 Å². The van der Waals surface area contributed by atoms with E-state index in [1.54, 1.807) is 0 Å². The molecule has 16 heavy (non-hydrogen) atoms. The summed E-state index contributed by atoms with van der Waals surface area (Å²) in [5.41, 5.74) is 5.43. The molecule has 1 fully saturated rings. The minimum atomic E-state index is -0.172. The number of nitrogens with zero attached hydrogens (tertiary/aromatic N) is 3. The molecule has 1 saturated heterocycles. The number of nitrogens with two attached hydrogens (primary N) is 1. The molecule has 1 aromatic heterocycles. The molecule has 1 aliphatic heterocycles. The fourth-order valence-corrected chi connectivity index (χ4v) is 2.37. The SMILES string of the molecule is CN1CCCC(NC(=O)c2nnc(N)s2)C1. The topological polar surface area (TPSA) is 84.1 Å². The van der Waals surface area contributed by atoms with Gasteiger partial charge >= 0.3 is 0 Å². The molecule has 0 radical (unpaired) electrons. The van der Waals surface area contributed by atoms with E-state index in [-0.39, 0.29) is 11.9 Å². The van der Waals surface area contributed by atoms with Crippen LogP contribution in [0.15, 0.2) is 0 Å². The first-order valence-corrected chi connectivity index (χ1v) is 6.05. The monoisotopic (exact) mass is 241 g/mol. The number of rotatable bonds is 2. The molecule has 0 saturated carbocycles. The summed E-state index contributed by atoms with van der Waals surface area (Å²) >= 11 is 1.12. The van der Waals surface area contributed by atoms with Crippen molar-refractivity contribution >= 4 is 22.4 Å². The van der Waals surface area contributed by atoms with Gasteiger partial charge in [-0.05, 0) is 26.4 Å². The largest absolute Gasteiger partial charge is 0.374 e. The number of amides is 1. The third-order valence-electron chi connectivity index (χ3n) is 2.59. The molecular weight excluding hydrogens is 226 g/mol. The predicted octanol–water partition coefficient (Wildman–Crippen LogP) is -0.0557. The molecule has 1 aliphatic rings. The van der Waals surface area contributed by atoms with Crippen molar-refractivity contribution in [2.24, 2.45) is 0 Å². The summed E-state index contributed by atoms with van der Waals surface area (Å²) in [6.07, 6.45) is 2.13. The quantitative estimate of drug-likeness (QED) is 0.758. The number of hydrogen-bond donors (Lipinski definition) is 2. The highest BCUT2D eigenvalue weighted by Crippen LogP contribution is 2.13. The molecule has 6 nitrogen and oxygen atoms in total. The zero-order valence-electron chi connectivity index (χ0n) is 9.14. The summed E-state index contributed by atoms with van der Waals surface area (Å²) in [6.45, 7) is 1.98. The van der Waals surface area contributed by atoms with E-state index in [4.69, 9.17) is 5.73 Å². The van der Waals surface area contributed by atoms with Crippen LogP contribution >= 0.6 is 11.3 Å². The van der Waals surface area contributed by atoms with E-state index < -0.39 is 0 Å². The van der Waals surface area contributed by atoms with Gasteiger partial charge < -0.3 is 16.0 Å². The van der Waals surface area contributed by atoms with Crippen LogP contribution in [-0.4, -0.2) is 47.2 Å². The molecule has 2 heterocycles. The third kappa shape index (κ3) is 2.67. The Morgan fingerprint density at radius 3 is 3.06 bits per heavy atom. The number of aromatic nitrogens is 2. The average molecular weight is 241 g/mol. The van der Waals surface area contributed by atoms with E-state index in [0.29, 0.717) is 10.1 Å². The van der Waals surface area contributed by atoms with Crippen molar-refractivity contribution in [2.75, 3.05) is 25.9 Å². The lowest BCUT2D eigenvalue weighted by molar-refractivity contribution is 0.0911. The van der Waals surface area contributed by atoms with E-state index in [1.807, 2.05) is 0 Å². The van der Waals surface area contributed by atoms with Crippen LogP contribution in [-0.2, 0) is 0 Å². The average Bonchev–Trinajstić information content (AvgIpc) is 2.65. The van der Waals surface area contributed by atoms with Crippen molar-refractivity contribution in [1.29, 1.82) is 0 Å². The summed E-state index contributed by atoms with van der Waals surface area (Å²) < 4.78 is 0. The standard InChI is InChI=1S/C9H15N5OS/c1-14-4-2-3-6(5-14)11-7(15)8-12-13-9(10)16-8/h6H,2-5H2,1H3,(H2,10,13)(H,11,15). The third-order valence-corrected chi connectivity index (χ3v) is 3.35. The summed E-state index contributed by atoms with van der Waals surface area (Å²) in [6, 6.07) is 0.205. The van der Waals surface area contributed by atoms with Crippen LogP contribution in [0, 0.1) is 0 Å². The van der Waals surface area contributed by atoms with Crippen LogP contribution in [0.1, 0.15) is 22.6 Å². The lowest BCUT2D eigenvalue weighted by Crippen LogP contribution is -2.46. The molecule has 2 rings (SSSR count). The molecule has 88 valence electrons.